The van der Waals surface area contributed by atoms with Crippen LogP contribution in [0.5, 0.6) is 0 Å². The van der Waals surface area contributed by atoms with Crippen molar-refractivity contribution >= 4 is 23.4 Å². The molecule has 0 atom stereocenters. The van der Waals surface area contributed by atoms with Crippen molar-refractivity contribution in [3.63, 3.8) is 0 Å². The first-order chi connectivity index (χ1) is 7.16. The van der Waals surface area contributed by atoms with Crippen molar-refractivity contribution in [2.45, 2.75) is 19.9 Å². The second-order valence-electron chi connectivity index (χ2n) is 3.49. The maximum Gasteiger partial charge on any atom is 0.0860 e. The molecule has 0 fully saturated rings. The summed E-state index contributed by atoms with van der Waals surface area (Å²) in [5.41, 5.74) is 1.97. The minimum absolute atomic E-state index is 0.787. The molecule has 0 amide bonds. The third-order valence-corrected chi connectivity index (χ3v) is 3.44. The van der Waals surface area contributed by atoms with Gasteiger partial charge in [0.25, 0.3) is 0 Å². The van der Waals surface area contributed by atoms with E-state index >= 15 is 0 Å². The number of thioether (sulfide) groups is 1. The number of nitrogens with zero attached hydrogens (tertiary/aromatic N) is 2. The summed E-state index contributed by atoms with van der Waals surface area (Å²) < 4.78 is 1.85. The molecule has 0 saturated carbocycles. The zero-order valence-corrected chi connectivity index (χ0v) is 11.1. The lowest BCUT2D eigenvalue weighted by Crippen LogP contribution is -2.17. The van der Waals surface area contributed by atoms with E-state index in [-0.39, 0.29) is 0 Å². The van der Waals surface area contributed by atoms with Crippen LogP contribution >= 0.6 is 23.4 Å². The molecule has 0 aromatic carbocycles. The van der Waals surface area contributed by atoms with Crippen molar-refractivity contribution in [2.75, 3.05) is 18.6 Å². The van der Waals surface area contributed by atoms with E-state index in [1.54, 1.807) is 0 Å². The Morgan fingerprint density at radius 1 is 1.53 bits per heavy atom. The number of nitrogens with one attached hydrogen (secondary N) is 1. The summed E-state index contributed by atoms with van der Waals surface area (Å²) >= 11 is 8.00. The van der Waals surface area contributed by atoms with E-state index in [1.807, 2.05) is 30.4 Å². The number of hydrogen-bond acceptors (Lipinski definition) is 3. The molecule has 3 nitrogen and oxygen atoms in total. The van der Waals surface area contributed by atoms with Crippen LogP contribution in [0, 0.1) is 6.92 Å². The Bertz CT molecular complexity index is 312. The predicted octanol–water partition coefficient (Wildman–Crippen LogP) is 2.22. The smallest absolute Gasteiger partial charge is 0.0860 e. The van der Waals surface area contributed by atoms with E-state index in [9.17, 15) is 0 Å². The van der Waals surface area contributed by atoms with Gasteiger partial charge in [-0.15, -0.1) is 0 Å². The highest BCUT2D eigenvalue weighted by Gasteiger charge is 2.09. The average Bonchev–Trinajstić information content (AvgIpc) is 2.44. The van der Waals surface area contributed by atoms with Crippen molar-refractivity contribution in [1.82, 2.24) is 15.1 Å². The van der Waals surface area contributed by atoms with Gasteiger partial charge in [-0.3, -0.25) is 4.68 Å². The normalized spacial score (nSPS) is 10.9. The molecule has 1 N–H and O–H groups in total. The van der Waals surface area contributed by atoms with Gasteiger partial charge in [-0.1, -0.05) is 11.6 Å². The fourth-order valence-electron chi connectivity index (χ4n) is 1.42. The van der Waals surface area contributed by atoms with Crippen LogP contribution < -0.4 is 5.32 Å². The zero-order chi connectivity index (χ0) is 11.3. The summed E-state index contributed by atoms with van der Waals surface area (Å²) in [5, 5.41) is 8.43. The first-order valence-corrected chi connectivity index (χ1v) is 6.81. The van der Waals surface area contributed by atoms with Crippen LogP contribution in [0.1, 0.15) is 17.8 Å². The summed E-state index contributed by atoms with van der Waals surface area (Å²) in [6.45, 7) is 3.76. The molecular formula is C10H18ClN3S. The van der Waals surface area contributed by atoms with Crippen LogP contribution in [-0.2, 0) is 13.6 Å². The molecule has 0 aliphatic carbocycles. The Morgan fingerprint density at radius 3 is 2.80 bits per heavy atom. The molecule has 0 aliphatic heterocycles. The van der Waals surface area contributed by atoms with Crippen LogP contribution in [0.15, 0.2) is 0 Å². The highest BCUT2D eigenvalue weighted by atomic mass is 35.5. The Kier molecular flexibility index (Phi) is 5.50. The third-order valence-electron chi connectivity index (χ3n) is 2.26. The van der Waals surface area contributed by atoms with E-state index in [1.165, 1.54) is 12.2 Å². The van der Waals surface area contributed by atoms with Crippen LogP contribution in [-0.4, -0.2) is 28.3 Å². The standard InChI is InChI=1S/C10H18ClN3S/c1-8-10(11)9(14(2)13-8)7-12-5-4-6-15-3/h12H,4-7H2,1-3H3. The van der Waals surface area contributed by atoms with Gasteiger partial charge < -0.3 is 5.32 Å². The molecule has 1 aromatic rings. The summed E-state index contributed by atoms with van der Waals surface area (Å²) in [6.07, 6.45) is 3.32. The lowest BCUT2D eigenvalue weighted by Gasteiger charge is -2.05. The molecule has 0 radical (unpaired) electrons. The fraction of sp³-hybridized carbons (Fsp3) is 0.700. The maximum atomic E-state index is 6.13. The lowest BCUT2D eigenvalue weighted by molar-refractivity contribution is 0.620. The Labute approximate surface area is 101 Å². The molecule has 0 unspecified atom stereocenters. The van der Waals surface area contributed by atoms with Gasteiger partial charge in [0, 0.05) is 13.6 Å². The number of hydrogen-bond donors (Lipinski definition) is 1. The summed E-state index contributed by atoms with van der Waals surface area (Å²) in [6, 6.07) is 0. The van der Waals surface area contributed by atoms with E-state index < -0.39 is 0 Å². The average molecular weight is 248 g/mol. The number of rotatable bonds is 6. The van der Waals surface area contributed by atoms with Crippen molar-refractivity contribution < 1.29 is 0 Å². The minimum Gasteiger partial charge on any atom is -0.311 e. The first-order valence-electron chi connectivity index (χ1n) is 5.04. The first kappa shape index (κ1) is 12.9. The molecule has 0 bridgehead atoms. The fourth-order valence-corrected chi connectivity index (χ4v) is 2.08. The molecule has 0 spiro atoms. The van der Waals surface area contributed by atoms with E-state index in [2.05, 4.69) is 16.7 Å². The molecule has 1 rings (SSSR count). The molecule has 86 valence electrons. The van der Waals surface area contributed by atoms with Gasteiger partial charge in [-0.25, -0.2) is 0 Å². The topological polar surface area (TPSA) is 29.9 Å². The highest BCUT2D eigenvalue weighted by Crippen LogP contribution is 2.18. The van der Waals surface area contributed by atoms with E-state index in [0.29, 0.717) is 0 Å². The largest absolute Gasteiger partial charge is 0.311 e. The van der Waals surface area contributed by atoms with Crippen LogP contribution in [0.3, 0.4) is 0 Å². The van der Waals surface area contributed by atoms with Gasteiger partial charge in [0.1, 0.15) is 0 Å². The summed E-state index contributed by atoms with van der Waals surface area (Å²) in [4.78, 5) is 0. The van der Waals surface area contributed by atoms with Gasteiger partial charge in [0.05, 0.1) is 16.4 Å². The Balaban J connectivity index is 2.37. The quantitative estimate of drug-likeness (QED) is 0.782. The molecule has 1 aromatic heterocycles. The number of aryl methyl sites for hydroxylation is 2. The van der Waals surface area contributed by atoms with Crippen molar-refractivity contribution in [3.05, 3.63) is 16.4 Å². The summed E-state index contributed by atoms with van der Waals surface area (Å²) in [5.74, 6) is 1.20. The predicted molar refractivity (Wildman–Crippen MR) is 67.7 cm³/mol. The van der Waals surface area contributed by atoms with Gasteiger partial charge >= 0.3 is 0 Å². The molecule has 15 heavy (non-hydrogen) atoms. The number of aromatic nitrogens is 2. The van der Waals surface area contributed by atoms with Gasteiger partial charge in [0.15, 0.2) is 0 Å². The minimum atomic E-state index is 0.787. The third kappa shape index (κ3) is 3.70. The molecule has 1 heterocycles. The van der Waals surface area contributed by atoms with Crippen molar-refractivity contribution in [1.29, 1.82) is 0 Å². The lowest BCUT2D eigenvalue weighted by atomic mass is 10.3. The van der Waals surface area contributed by atoms with Gasteiger partial charge in [-0.05, 0) is 31.9 Å². The molecular weight excluding hydrogens is 230 g/mol. The summed E-state index contributed by atoms with van der Waals surface area (Å²) in [7, 11) is 1.93. The van der Waals surface area contributed by atoms with Crippen LogP contribution in [0.4, 0.5) is 0 Å². The Hall–Kier alpha value is -0.190. The van der Waals surface area contributed by atoms with Crippen molar-refractivity contribution in [2.24, 2.45) is 7.05 Å². The van der Waals surface area contributed by atoms with E-state index in [0.717, 1.165) is 29.5 Å². The van der Waals surface area contributed by atoms with Gasteiger partial charge in [0.2, 0.25) is 0 Å². The highest BCUT2D eigenvalue weighted by molar-refractivity contribution is 7.98. The molecule has 0 aliphatic rings. The molecule has 0 saturated heterocycles. The second kappa shape index (κ2) is 6.40. The monoisotopic (exact) mass is 247 g/mol. The number of halogens is 1. The van der Waals surface area contributed by atoms with Crippen molar-refractivity contribution in [3.8, 4) is 0 Å². The van der Waals surface area contributed by atoms with E-state index in [4.69, 9.17) is 11.6 Å². The van der Waals surface area contributed by atoms with Gasteiger partial charge in [-0.2, -0.15) is 16.9 Å². The van der Waals surface area contributed by atoms with Crippen LogP contribution in [0.2, 0.25) is 5.02 Å². The maximum absolute atomic E-state index is 6.13. The zero-order valence-electron chi connectivity index (χ0n) is 9.51. The SMILES string of the molecule is CSCCCNCc1c(Cl)c(C)nn1C. The van der Waals surface area contributed by atoms with Crippen LogP contribution in [0.25, 0.3) is 0 Å². The second-order valence-corrected chi connectivity index (χ2v) is 4.86. The molecule has 5 heteroatoms. The Morgan fingerprint density at radius 2 is 2.27 bits per heavy atom.